The van der Waals surface area contributed by atoms with Gasteiger partial charge in [-0.3, -0.25) is 0 Å². The highest BCUT2D eigenvalue weighted by molar-refractivity contribution is 5.68. The molecule has 0 saturated carbocycles. The standard InChI is InChI=1S/C16H19F2N3/c1-3-5-14-15(11-7-12(17)9-13(18)8-11)20-10-21-16(14)19-6-4-2/h7-10H,3-6H2,1-2H3,(H,19,20,21). The van der Waals surface area contributed by atoms with Crippen LogP contribution in [-0.4, -0.2) is 16.5 Å². The molecule has 0 atom stereocenters. The Labute approximate surface area is 123 Å². The third-order valence-corrected chi connectivity index (χ3v) is 3.12. The van der Waals surface area contributed by atoms with E-state index in [1.54, 1.807) is 0 Å². The van der Waals surface area contributed by atoms with Crippen molar-refractivity contribution >= 4 is 5.82 Å². The zero-order valence-corrected chi connectivity index (χ0v) is 12.3. The Morgan fingerprint density at radius 1 is 1.00 bits per heavy atom. The fraction of sp³-hybridized carbons (Fsp3) is 0.375. The van der Waals surface area contributed by atoms with Crippen LogP contribution in [0.25, 0.3) is 11.3 Å². The second kappa shape index (κ2) is 7.11. The molecular weight excluding hydrogens is 272 g/mol. The van der Waals surface area contributed by atoms with Crippen molar-refractivity contribution in [3.8, 4) is 11.3 Å². The zero-order valence-electron chi connectivity index (χ0n) is 12.3. The van der Waals surface area contributed by atoms with Gasteiger partial charge in [-0.15, -0.1) is 0 Å². The molecule has 1 heterocycles. The molecule has 112 valence electrons. The fourth-order valence-electron chi connectivity index (χ4n) is 2.23. The molecule has 0 radical (unpaired) electrons. The van der Waals surface area contributed by atoms with E-state index in [4.69, 9.17) is 0 Å². The lowest BCUT2D eigenvalue weighted by molar-refractivity contribution is 0.584. The highest BCUT2D eigenvalue weighted by atomic mass is 19.1. The van der Waals surface area contributed by atoms with Gasteiger partial charge >= 0.3 is 0 Å². The van der Waals surface area contributed by atoms with E-state index in [2.05, 4.69) is 22.2 Å². The average Bonchev–Trinajstić information content (AvgIpc) is 2.45. The molecule has 21 heavy (non-hydrogen) atoms. The summed E-state index contributed by atoms with van der Waals surface area (Å²) in [7, 11) is 0. The average molecular weight is 291 g/mol. The van der Waals surface area contributed by atoms with Crippen molar-refractivity contribution in [3.63, 3.8) is 0 Å². The quantitative estimate of drug-likeness (QED) is 0.867. The van der Waals surface area contributed by atoms with E-state index < -0.39 is 11.6 Å². The summed E-state index contributed by atoms with van der Waals surface area (Å²) >= 11 is 0. The van der Waals surface area contributed by atoms with Gasteiger partial charge in [0, 0.05) is 23.7 Å². The first-order valence-electron chi connectivity index (χ1n) is 7.19. The number of aromatic nitrogens is 2. The highest BCUT2D eigenvalue weighted by Gasteiger charge is 2.14. The molecule has 5 heteroatoms. The van der Waals surface area contributed by atoms with E-state index >= 15 is 0 Å². The molecule has 0 bridgehead atoms. The molecule has 0 aliphatic carbocycles. The first kappa shape index (κ1) is 15.4. The minimum Gasteiger partial charge on any atom is -0.370 e. The number of nitrogens with one attached hydrogen (secondary N) is 1. The normalized spacial score (nSPS) is 10.7. The second-order valence-corrected chi connectivity index (χ2v) is 4.88. The van der Waals surface area contributed by atoms with E-state index in [-0.39, 0.29) is 0 Å². The fourth-order valence-corrected chi connectivity index (χ4v) is 2.23. The summed E-state index contributed by atoms with van der Waals surface area (Å²) in [5.41, 5.74) is 1.93. The van der Waals surface area contributed by atoms with Crippen LogP contribution in [-0.2, 0) is 6.42 Å². The van der Waals surface area contributed by atoms with Crippen molar-refractivity contribution < 1.29 is 8.78 Å². The van der Waals surface area contributed by atoms with Crippen LogP contribution in [0.5, 0.6) is 0 Å². The lowest BCUT2D eigenvalue weighted by Crippen LogP contribution is -2.08. The molecule has 0 spiro atoms. The maximum Gasteiger partial charge on any atom is 0.133 e. The number of hydrogen-bond donors (Lipinski definition) is 1. The summed E-state index contributed by atoms with van der Waals surface area (Å²) in [5.74, 6) is -0.461. The Bertz CT molecular complexity index is 594. The van der Waals surface area contributed by atoms with E-state index in [1.807, 2.05) is 6.92 Å². The summed E-state index contributed by atoms with van der Waals surface area (Å²) in [4.78, 5) is 8.49. The third kappa shape index (κ3) is 3.74. The molecule has 0 saturated heterocycles. The smallest absolute Gasteiger partial charge is 0.133 e. The van der Waals surface area contributed by atoms with Gasteiger partial charge < -0.3 is 5.32 Å². The largest absolute Gasteiger partial charge is 0.370 e. The molecule has 3 nitrogen and oxygen atoms in total. The number of halogens is 2. The van der Waals surface area contributed by atoms with E-state index in [1.165, 1.54) is 18.5 Å². The summed E-state index contributed by atoms with van der Waals surface area (Å²) < 4.78 is 26.9. The highest BCUT2D eigenvalue weighted by Crippen LogP contribution is 2.28. The Kier molecular flexibility index (Phi) is 5.20. The third-order valence-electron chi connectivity index (χ3n) is 3.12. The van der Waals surface area contributed by atoms with Crippen molar-refractivity contribution in [2.24, 2.45) is 0 Å². The van der Waals surface area contributed by atoms with E-state index in [9.17, 15) is 8.78 Å². The van der Waals surface area contributed by atoms with Crippen molar-refractivity contribution in [1.82, 2.24) is 9.97 Å². The van der Waals surface area contributed by atoms with Crippen molar-refractivity contribution in [1.29, 1.82) is 0 Å². The Balaban J connectivity index is 2.50. The first-order chi connectivity index (χ1) is 10.2. The van der Waals surface area contributed by atoms with Crippen LogP contribution in [0, 0.1) is 11.6 Å². The maximum absolute atomic E-state index is 13.4. The van der Waals surface area contributed by atoms with Gasteiger partial charge in [0.25, 0.3) is 0 Å². The lowest BCUT2D eigenvalue weighted by atomic mass is 10.0. The minimum absolute atomic E-state index is 0.442. The van der Waals surface area contributed by atoms with Gasteiger partial charge in [0.15, 0.2) is 0 Å². The second-order valence-electron chi connectivity index (χ2n) is 4.88. The number of anilines is 1. The molecule has 0 unspecified atom stereocenters. The molecular formula is C16H19F2N3. The first-order valence-corrected chi connectivity index (χ1v) is 7.19. The van der Waals surface area contributed by atoms with Gasteiger partial charge in [0.2, 0.25) is 0 Å². The van der Waals surface area contributed by atoms with Gasteiger partial charge in [-0.2, -0.15) is 0 Å². The number of nitrogens with zero attached hydrogens (tertiary/aromatic N) is 2. The monoisotopic (exact) mass is 291 g/mol. The number of hydrogen-bond acceptors (Lipinski definition) is 3. The molecule has 1 N–H and O–H groups in total. The van der Waals surface area contributed by atoms with E-state index in [0.717, 1.165) is 43.3 Å². The van der Waals surface area contributed by atoms with Crippen LogP contribution in [0.4, 0.5) is 14.6 Å². The Hall–Kier alpha value is -2.04. The van der Waals surface area contributed by atoms with Gasteiger partial charge in [-0.05, 0) is 25.0 Å². The van der Waals surface area contributed by atoms with Gasteiger partial charge in [0.05, 0.1) is 5.69 Å². The SMILES string of the molecule is CCCNc1ncnc(-c2cc(F)cc(F)c2)c1CCC. The van der Waals surface area contributed by atoms with Gasteiger partial charge in [-0.25, -0.2) is 18.7 Å². The maximum atomic E-state index is 13.4. The molecule has 1 aromatic carbocycles. The Morgan fingerprint density at radius 2 is 1.71 bits per heavy atom. The minimum atomic E-state index is -0.603. The van der Waals surface area contributed by atoms with Gasteiger partial charge in [-0.1, -0.05) is 20.3 Å². The summed E-state index contributed by atoms with van der Waals surface area (Å²) in [6.07, 6.45) is 4.05. The topological polar surface area (TPSA) is 37.8 Å². The summed E-state index contributed by atoms with van der Waals surface area (Å²) in [6.45, 7) is 4.91. The van der Waals surface area contributed by atoms with Crippen molar-refractivity contribution in [2.75, 3.05) is 11.9 Å². The molecule has 0 fully saturated rings. The van der Waals surface area contributed by atoms with Gasteiger partial charge in [0.1, 0.15) is 23.8 Å². The van der Waals surface area contributed by atoms with Crippen LogP contribution in [0.15, 0.2) is 24.5 Å². The molecule has 1 aromatic heterocycles. The number of benzene rings is 1. The predicted octanol–water partition coefficient (Wildman–Crippen LogP) is 4.20. The predicted molar refractivity (Wildman–Crippen MR) is 80.2 cm³/mol. The molecule has 0 aliphatic heterocycles. The van der Waals surface area contributed by atoms with Crippen LogP contribution < -0.4 is 5.32 Å². The van der Waals surface area contributed by atoms with Crippen LogP contribution in [0.2, 0.25) is 0 Å². The Morgan fingerprint density at radius 3 is 2.33 bits per heavy atom. The molecule has 0 amide bonds. The molecule has 2 rings (SSSR count). The number of rotatable bonds is 6. The molecule has 2 aromatic rings. The lowest BCUT2D eigenvalue weighted by Gasteiger charge is -2.14. The van der Waals surface area contributed by atoms with Crippen molar-refractivity contribution in [3.05, 3.63) is 41.7 Å². The van der Waals surface area contributed by atoms with E-state index in [0.29, 0.717) is 11.3 Å². The van der Waals surface area contributed by atoms with Crippen LogP contribution >= 0.6 is 0 Å². The van der Waals surface area contributed by atoms with Crippen LogP contribution in [0.3, 0.4) is 0 Å². The zero-order chi connectivity index (χ0) is 15.2. The summed E-state index contributed by atoms with van der Waals surface area (Å²) in [5, 5.41) is 3.25. The summed E-state index contributed by atoms with van der Waals surface area (Å²) in [6, 6.07) is 3.46. The van der Waals surface area contributed by atoms with Crippen LogP contribution in [0.1, 0.15) is 32.3 Å². The molecule has 0 aliphatic rings. The van der Waals surface area contributed by atoms with Crippen molar-refractivity contribution in [2.45, 2.75) is 33.1 Å².